The third kappa shape index (κ3) is 3.05. The monoisotopic (exact) mass is 308 g/mol. The molecular weight excluding hydrogens is 296 g/mol. The lowest BCUT2D eigenvalue weighted by atomic mass is 10.1. The largest absolute Gasteiger partial charge is 0.479 e. The highest BCUT2D eigenvalue weighted by Gasteiger charge is 2.27. The molecule has 0 aliphatic heterocycles. The van der Waals surface area contributed by atoms with E-state index in [9.17, 15) is 14.7 Å². The van der Waals surface area contributed by atoms with Gasteiger partial charge in [0.15, 0.2) is 6.04 Å². The van der Waals surface area contributed by atoms with Crippen LogP contribution >= 0.6 is 11.6 Å². The Morgan fingerprint density at radius 1 is 1.33 bits per heavy atom. The quantitative estimate of drug-likeness (QED) is 0.905. The second-order valence-electron chi connectivity index (χ2n) is 4.47. The van der Waals surface area contributed by atoms with Gasteiger partial charge < -0.3 is 14.9 Å². The van der Waals surface area contributed by atoms with Gasteiger partial charge in [0, 0.05) is 10.6 Å². The van der Waals surface area contributed by atoms with Crippen molar-refractivity contribution in [2.45, 2.75) is 19.9 Å². The van der Waals surface area contributed by atoms with Crippen LogP contribution in [0, 0.1) is 13.8 Å². The first-order valence-corrected chi connectivity index (χ1v) is 6.50. The van der Waals surface area contributed by atoms with E-state index in [-0.39, 0.29) is 10.6 Å². The maximum absolute atomic E-state index is 12.2. The molecule has 0 saturated heterocycles. The highest BCUT2D eigenvalue weighted by atomic mass is 35.5. The molecule has 1 amide bonds. The number of aromatic nitrogens is 1. The molecule has 2 N–H and O–H groups in total. The van der Waals surface area contributed by atoms with Crippen LogP contribution in [-0.4, -0.2) is 22.1 Å². The molecular formula is C14H13ClN2O4. The molecule has 1 atom stereocenters. The maximum Gasteiger partial charge on any atom is 0.330 e. The van der Waals surface area contributed by atoms with Crippen molar-refractivity contribution < 1.29 is 19.2 Å². The summed E-state index contributed by atoms with van der Waals surface area (Å²) in [5.74, 6) is -1.45. The van der Waals surface area contributed by atoms with Gasteiger partial charge in [-0.25, -0.2) is 4.79 Å². The number of carbonyl (C=O) groups is 2. The summed E-state index contributed by atoms with van der Waals surface area (Å²) >= 11 is 5.99. The number of nitrogens with zero attached hydrogens (tertiary/aromatic N) is 1. The standard InChI is InChI=1S/C14H13ClN2O4/c1-7-11(8(2)21-17-7)13(18)16-12(14(19)20)9-5-3-4-6-10(9)15/h3-6,12H,1-2H3,(H,16,18)(H,19,20)/t12-/m1/s1. The Morgan fingerprint density at radius 2 is 2.00 bits per heavy atom. The van der Waals surface area contributed by atoms with Crippen LogP contribution in [0.3, 0.4) is 0 Å². The van der Waals surface area contributed by atoms with E-state index < -0.39 is 17.9 Å². The Labute approximate surface area is 125 Å². The molecule has 1 heterocycles. The van der Waals surface area contributed by atoms with Gasteiger partial charge in [-0.1, -0.05) is 35.0 Å². The summed E-state index contributed by atoms with van der Waals surface area (Å²) in [5, 5.41) is 15.7. The molecule has 0 bridgehead atoms. The molecule has 110 valence electrons. The number of benzene rings is 1. The van der Waals surface area contributed by atoms with Gasteiger partial charge >= 0.3 is 5.97 Å². The Kier molecular flexibility index (Phi) is 4.28. The molecule has 2 rings (SSSR count). The van der Waals surface area contributed by atoms with Gasteiger partial charge in [0.1, 0.15) is 11.3 Å². The Bertz CT molecular complexity index is 677. The summed E-state index contributed by atoms with van der Waals surface area (Å²) in [6.07, 6.45) is 0. The number of nitrogens with one attached hydrogen (secondary N) is 1. The number of carbonyl (C=O) groups excluding carboxylic acids is 1. The average molecular weight is 309 g/mol. The Hall–Kier alpha value is -2.34. The van der Waals surface area contributed by atoms with Crippen LogP contribution in [-0.2, 0) is 4.79 Å². The fourth-order valence-corrected chi connectivity index (χ4v) is 2.24. The van der Waals surface area contributed by atoms with Crippen molar-refractivity contribution in [3.8, 4) is 0 Å². The van der Waals surface area contributed by atoms with Crippen molar-refractivity contribution in [1.82, 2.24) is 10.5 Å². The predicted octanol–water partition coefficient (Wildman–Crippen LogP) is 2.50. The molecule has 0 spiro atoms. The number of carboxylic acid groups (broad SMARTS) is 1. The Balaban J connectivity index is 2.32. The van der Waals surface area contributed by atoms with Crippen molar-refractivity contribution in [3.63, 3.8) is 0 Å². The van der Waals surface area contributed by atoms with Gasteiger partial charge in [0.2, 0.25) is 0 Å². The fourth-order valence-electron chi connectivity index (χ4n) is 1.99. The number of amides is 1. The van der Waals surface area contributed by atoms with E-state index in [1.54, 1.807) is 38.1 Å². The SMILES string of the molecule is Cc1noc(C)c1C(=O)N[C@@H](C(=O)O)c1ccccc1Cl. The number of aliphatic carboxylic acids is 1. The van der Waals surface area contributed by atoms with Crippen LogP contribution in [0.5, 0.6) is 0 Å². The summed E-state index contributed by atoms with van der Waals surface area (Å²) in [6, 6.07) is 5.20. The first kappa shape index (κ1) is 15.1. The van der Waals surface area contributed by atoms with E-state index in [2.05, 4.69) is 10.5 Å². The zero-order valence-corrected chi connectivity index (χ0v) is 12.1. The molecule has 2 aromatic rings. The molecule has 0 radical (unpaired) electrons. The summed E-state index contributed by atoms with van der Waals surface area (Å²) in [5.41, 5.74) is 0.938. The van der Waals surface area contributed by atoms with Crippen molar-refractivity contribution in [3.05, 3.63) is 51.9 Å². The van der Waals surface area contributed by atoms with Gasteiger partial charge in [-0.05, 0) is 19.9 Å². The van der Waals surface area contributed by atoms with E-state index in [1.807, 2.05) is 0 Å². The van der Waals surface area contributed by atoms with E-state index in [0.717, 1.165) is 0 Å². The van der Waals surface area contributed by atoms with Gasteiger partial charge in [-0.3, -0.25) is 4.79 Å². The number of aryl methyl sites for hydroxylation is 2. The molecule has 7 heteroatoms. The number of carboxylic acids is 1. The first-order valence-electron chi connectivity index (χ1n) is 6.12. The number of hydrogen-bond acceptors (Lipinski definition) is 4. The minimum Gasteiger partial charge on any atom is -0.479 e. The van der Waals surface area contributed by atoms with Gasteiger partial charge in [-0.2, -0.15) is 0 Å². The molecule has 0 aliphatic carbocycles. The van der Waals surface area contributed by atoms with E-state index in [4.69, 9.17) is 16.1 Å². The molecule has 6 nitrogen and oxygen atoms in total. The maximum atomic E-state index is 12.2. The summed E-state index contributed by atoms with van der Waals surface area (Å²) in [4.78, 5) is 23.6. The summed E-state index contributed by atoms with van der Waals surface area (Å²) in [7, 11) is 0. The zero-order valence-electron chi connectivity index (χ0n) is 11.4. The van der Waals surface area contributed by atoms with Gasteiger partial charge in [0.05, 0.1) is 5.69 Å². The van der Waals surface area contributed by atoms with Crippen molar-refractivity contribution >= 4 is 23.5 Å². The van der Waals surface area contributed by atoms with E-state index in [1.165, 1.54) is 0 Å². The molecule has 0 aliphatic rings. The number of rotatable bonds is 4. The topological polar surface area (TPSA) is 92.4 Å². The number of hydrogen-bond donors (Lipinski definition) is 2. The second kappa shape index (κ2) is 5.97. The van der Waals surface area contributed by atoms with Crippen molar-refractivity contribution in [2.24, 2.45) is 0 Å². The molecule has 0 fully saturated rings. The lowest BCUT2D eigenvalue weighted by Crippen LogP contribution is -2.34. The molecule has 1 aromatic heterocycles. The first-order chi connectivity index (χ1) is 9.91. The second-order valence-corrected chi connectivity index (χ2v) is 4.87. The molecule has 21 heavy (non-hydrogen) atoms. The van der Waals surface area contributed by atoms with Crippen LogP contribution < -0.4 is 5.32 Å². The van der Waals surface area contributed by atoms with Crippen LogP contribution in [0.2, 0.25) is 5.02 Å². The Morgan fingerprint density at radius 3 is 2.52 bits per heavy atom. The van der Waals surface area contributed by atoms with Crippen LogP contribution in [0.4, 0.5) is 0 Å². The zero-order chi connectivity index (χ0) is 15.6. The van der Waals surface area contributed by atoms with Gasteiger partial charge in [-0.15, -0.1) is 0 Å². The van der Waals surface area contributed by atoms with E-state index in [0.29, 0.717) is 17.0 Å². The normalized spacial score (nSPS) is 12.0. The lowest BCUT2D eigenvalue weighted by Gasteiger charge is -2.16. The minimum atomic E-state index is -1.25. The van der Waals surface area contributed by atoms with Crippen LogP contribution in [0.25, 0.3) is 0 Å². The minimum absolute atomic E-state index is 0.230. The average Bonchev–Trinajstić information content (AvgIpc) is 2.76. The van der Waals surface area contributed by atoms with Crippen molar-refractivity contribution in [1.29, 1.82) is 0 Å². The van der Waals surface area contributed by atoms with E-state index >= 15 is 0 Å². The van der Waals surface area contributed by atoms with Crippen LogP contribution in [0.15, 0.2) is 28.8 Å². The third-order valence-electron chi connectivity index (χ3n) is 3.00. The summed E-state index contributed by atoms with van der Waals surface area (Å²) < 4.78 is 4.90. The fraction of sp³-hybridized carbons (Fsp3) is 0.214. The third-order valence-corrected chi connectivity index (χ3v) is 3.34. The smallest absolute Gasteiger partial charge is 0.330 e. The summed E-state index contributed by atoms with van der Waals surface area (Å²) in [6.45, 7) is 3.19. The highest BCUT2D eigenvalue weighted by molar-refractivity contribution is 6.31. The number of halogens is 1. The lowest BCUT2D eigenvalue weighted by molar-refractivity contribution is -0.139. The van der Waals surface area contributed by atoms with Gasteiger partial charge in [0.25, 0.3) is 5.91 Å². The van der Waals surface area contributed by atoms with Crippen LogP contribution in [0.1, 0.15) is 33.4 Å². The predicted molar refractivity (Wildman–Crippen MR) is 75.3 cm³/mol. The highest BCUT2D eigenvalue weighted by Crippen LogP contribution is 2.24. The molecule has 1 aromatic carbocycles. The van der Waals surface area contributed by atoms with Crippen molar-refractivity contribution in [2.75, 3.05) is 0 Å². The molecule has 0 unspecified atom stereocenters. The molecule has 0 saturated carbocycles.